The zero-order valence-corrected chi connectivity index (χ0v) is 12.2. The van der Waals surface area contributed by atoms with Gasteiger partial charge in [0.25, 0.3) is 5.91 Å². The van der Waals surface area contributed by atoms with Crippen molar-refractivity contribution in [1.82, 2.24) is 4.90 Å². The van der Waals surface area contributed by atoms with E-state index >= 15 is 0 Å². The topological polar surface area (TPSA) is 53.7 Å². The smallest absolute Gasteiger partial charge is 0.264 e. The maximum Gasteiger partial charge on any atom is 0.264 e. The Bertz CT molecular complexity index is 660. The van der Waals surface area contributed by atoms with Crippen molar-refractivity contribution in [3.05, 3.63) is 45.5 Å². The minimum absolute atomic E-state index is 0.0485. The number of aliphatic hydroxyl groups excluding tert-OH is 1. The van der Waals surface area contributed by atoms with Gasteiger partial charge in [-0.3, -0.25) is 4.79 Å². The molecule has 2 aromatic heterocycles. The minimum Gasteiger partial charge on any atom is -0.469 e. The van der Waals surface area contributed by atoms with E-state index < -0.39 is 0 Å². The first kappa shape index (κ1) is 14.4. The highest BCUT2D eigenvalue weighted by Crippen LogP contribution is 2.19. The molecule has 5 heteroatoms. The number of hydrogen-bond acceptors (Lipinski definition) is 4. The standard InChI is InChI=1S/C15H15NO3S/c1-11-12(7-9-19-11)10-16(2)15(18)14-6-5-13(20-14)4-3-8-17/h5-7,9,17H,8,10H2,1-2H3. The third kappa shape index (κ3) is 3.29. The van der Waals surface area contributed by atoms with Crippen LogP contribution in [0.2, 0.25) is 0 Å². The highest BCUT2D eigenvalue weighted by molar-refractivity contribution is 7.14. The molecular weight excluding hydrogens is 274 g/mol. The van der Waals surface area contributed by atoms with Gasteiger partial charge in [0, 0.05) is 19.2 Å². The molecule has 1 N–H and O–H groups in total. The van der Waals surface area contributed by atoms with E-state index in [-0.39, 0.29) is 12.5 Å². The van der Waals surface area contributed by atoms with Crippen LogP contribution in [0.1, 0.15) is 25.9 Å². The molecule has 4 nitrogen and oxygen atoms in total. The number of carbonyl (C=O) groups excluding carboxylic acids is 1. The van der Waals surface area contributed by atoms with Gasteiger partial charge in [-0.15, -0.1) is 11.3 Å². The van der Waals surface area contributed by atoms with Crippen LogP contribution in [0.15, 0.2) is 28.9 Å². The van der Waals surface area contributed by atoms with Gasteiger partial charge in [0.15, 0.2) is 0 Å². The average Bonchev–Trinajstić information content (AvgIpc) is 3.05. The van der Waals surface area contributed by atoms with Crippen molar-refractivity contribution >= 4 is 17.2 Å². The zero-order chi connectivity index (χ0) is 14.5. The van der Waals surface area contributed by atoms with Gasteiger partial charge >= 0.3 is 0 Å². The Balaban J connectivity index is 2.07. The summed E-state index contributed by atoms with van der Waals surface area (Å²) in [4.78, 5) is 15.3. The number of furan rings is 1. The number of amides is 1. The van der Waals surface area contributed by atoms with Crippen LogP contribution in [0.3, 0.4) is 0 Å². The Morgan fingerprint density at radius 3 is 2.90 bits per heavy atom. The molecule has 104 valence electrons. The van der Waals surface area contributed by atoms with E-state index in [2.05, 4.69) is 11.8 Å². The van der Waals surface area contributed by atoms with Crippen LogP contribution in [-0.4, -0.2) is 29.6 Å². The summed E-state index contributed by atoms with van der Waals surface area (Å²) in [5.41, 5.74) is 0.998. The van der Waals surface area contributed by atoms with E-state index in [1.54, 1.807) is 30.3 Å². The van der Waals surface area contributed by atoms with Crippen LogP contribution in [-0.2, 0) is 6.54 Å². The van der Waals surface area contributed by atoms with E-state index in [4.69, 9.17) is 9.52 Å². The second-order valence-electron chi connectivity index (χ2n) is 4.29. The number of thiophene rings is 1. The van der Waals surface area contributed by atoms with Crippen LogP contribution in [0.4, 0.5) is 0 Å². The quantitative estimate of drug-likeness (QED) is 0.882. The van der Waals surface area contributed by atoms with Gasteiger partial charge in [-0.25, -0.2) is 0 Å². The molecule has 0 spiro atoms. The summed E-state index contributed by atoms with van der Waals surface area (Å²) in [5, 5.41) is 8.65. The highest BCUT2D eigenvalue weighted by atomic mass is 32.1. The van der Waals surface area contributed by atoms with E-state index in [0.717, 1.165) is 16.2 Å². The fourth-order valence-electron chi connectivity index (χ4n) is 1.74. The second-order valence-corrected chi connectivity index (χ2v) is 5.37. The van der Waals surface area contributed by atoms with Crippen LogP contribution in [0.25, 0.3) is 0 Å². The molecular formula is C15H15NO3S. The summed E-state index contributed by atoms with van der Waals surface area (Å²) in [6.45, 7) is 2.21. The van der Waals surface area contributed by atoms with E-state index in [9.17, 15) is 4.79 Å². The minimum atomic E-state index is -0.180. The van der Waals surface area contributed by atoms with Gasteiger partial charge in [0.1, 0.15) is 12.4 Å². The lowest BCUT2D eigenvalue weighted by Gasteiger charge is -2.15. The molecule has 0 aliphatic carbocycles. The van der Waals surface area contributed by atoms with Crippen molar-refractivity contribution in [2.24, 2.45) is 0 Å². The molecule has 0 bridgehead atoms. The summed E-state index contributed by atoms with van der Waals surface area (Å²) in [7, 11) is 1.76. The van der Waals surface area contributed by atoms with Gasteiger partial charge in [-0.1, -0.05) is 11.8 Å². The Labute approximate surface area is 121 Å². The summed E-state index contributed by atoms with van der Waals surface area (Å²) in [6, 6.07) is 5.41. The SMILES string of the molecule is Cc1occc1CN(C)C(=O)c1ccc(C#CCO)s1. The maximum absolute atomic E-state index is 12.3. The summed E-state index contributed by atoms with van der Waals surface area (Å²) in [5.74, 6) is 6.14. The molecule has 20 heavy (non-hydrogen) atoms. The average molecular weight is 289 g/mol. The van der Waals surface area contributed by atoms with Gasteiger partial charge in [-0.05, 0) is 25.1 Å². The first-order chi connectivity index (χ1) is 9.61. The highest BCUT2D eigenvalue weighted by Gasteiger charge is 2.15. The molecule has 2 rings (SSSR count). The maximum atomic E-state index is 12.3. The normalized spacial score (nSPS) is 9.95. The number of nitrogens with zero attached hydrogens (tertiary/aromatic N) is 1. The van der Waals surface area contributed by atoms with Gasteiger partial charge in [-0.2, -0.15) is 0 Å². The van der Waals surface area contributed by atoms with E-state index in [1.165, 1.54) is 11.3 Å². The molecule has 0 aliphatic rings. The lowest BCUT2D eigenvalue weighted by atomic mass is 10.2. The van der Waals surface area contributed by atoms with Crippen LogP contribution >= 0.6 is 11.3 Å². The number of aliphatic hydroxyl groups is 1. The lowest BCUT2D eigenvalue weighted by molar-refractivity contribution is 0.0789. The molecule has 0 saturated heterocycles. The number of rotatable bonds is 3. The van der Waals surface area contributed by atoms with E-state index in [1.807, 2.05) is 13.0 Å². The summed E-state index contributed by atoms with van der Waals surface area (Å²) >= 11 is 1.33. The molecule has 0 saturated carbocycles. The van der Waals surface area contributed by atoms with Crippen LogP contribution in [0.5, 0.6) is 0 Å². The molecule has 0 fully saturated rings. The summed E-state index contributed by atoms with van der Waals surface area (Å²) in [6.07, 6.45) is 1.62. The molecule has 2 aromatic rings. The molecule has 0 unspecified atom stereocenters. The Kier molecular flexibility index (Phi) is 4.61. The number of aryl methyl sites for hydroxylation is 1. The number of hydrogen-bond donors (Lipinski definition) is 1. The molecule has 0 aliphatic heterocycles. The van der Waals surface area contributed by atoms with Crippen molar-refractivity contribution in [3.63, 3.8) is 0 Å². The largest absolute Gasteiger partial charge is 0.469 e. The first-order valence-corrected chi connectivity index (χ1v) is 6.91. The fraction of sp³-hybridized carbons (Fsp3) is 0.267. The number of carbonyl (C=O) groups is 1. The molecule has 2 heterocycles. The van der Waals surface area contributed by atoms with Gasteiger partial charge in [0.2, 0.25) is 0 Å². The van der Waals surface area contributed by atoms with Crippen molar-refractivity contribution in [3.8, 4) is 11.8 Å². The van der Waals surface area contributed by atoms with Crippen LogP contribution < -0.4 is 0 Å². The zero-order valence-electron chi connectivity index (χ0n) is 11.3. The molecule has 1 amide bonds. The third-order valence-corrected chi connectivity index (χ3v) is 3.82. The Morgan fingerprint density at radius 1 is 1.45 bits per heavy atom. The second kappa shape index (κ2) is 6.42. The predicted octanol–water partition coefficient (Wildman–Crippen LogP) is 2.27. The van der Waals surface area contributed by atoms with E-state index in [0.29, 0.717) is 11.4 Å². The van der Waals surface area contributed by atoms with Crippen molar-refractivity contribution in [1.29, 1.82) is 0 Å². The van der Waals surface area contributed by atoms with Gasteiger partial charge < -0.3 is 14.4 Å². The first-order valence-electron chi connectivity index (χ1n) is 6.10. The molecule has 0 aromatic carbocycles. The predicted molar refractivity (Wildman–Crippen MR) is 77.5 cm³/mol. The Morgan fingerprint density at radius 2 is 2.25 bits per heavy atom. The summed E-state index contributed by atoms with van der Waals surface area (Å²) < 4.78 is 5.22. The third-order valence-electron chi connectivity index (χ3n) is 2.83. The monoisotopic (exact) mass is 289 g/mol. The van der Waals surface area contributed by atoms with Gasteiger partial charge in [0.05, 0.1) is 16.0 Å². The lowest BCUT2D eigenvalue weighted by Crippen LogP contribution is -2.25. The Hall–Kier alpha value is -2.03. The molecule has 0 radical (unpaired) electrons. The van der Waals surface area contributed by atoms with Crippen molar-refractivity contribution in [2.75, 3.05) is 13.7 Å². The fourth-order valence-corrected chi connectivity index (χ4v) is 2.61. The van der Waals surface area contributed by atoms with Crippen molar-refractivity contribution < 1.29 is 14.3 Å². The van der Waals surface area contributed by atoms with Crippen molar-refractivity contribution in [2.45, 2.75) is 13.5 Å². The van der Waals surface area contributed by atoms with Crippen LogP contribution in [0, 0.1) is 18.8 Å². The molecule has 0 atom stereocenters.